The molecule has 20 heavy (non-hydrogen) atoms. The summed E-state index contributed by atoms with van der Waals surface area (Å²) >= 11 is 0. The van der Waals surface area contributed by atoms with Crippen molar-refractivity contribution in [2.75, 3.05) is 0 Å². The van der Waals surface area contributed by atoms with Crippen molar-refractivity contribution in [2.24, 2.45) is 9.98 Å². The van der Waals surface area contributed by atoms with Gasteiger partial charge in [-0.2, -0.15) is 9.98 Å². The van der Waals surface area contributed by atoms with E-state index in [0.717, 1.165) is 11.1 Å². The summed E-state index contributed by atoms with van der Waals surface area (Å²) in [5, 5.41) is 0. The van der Waals surface area contributed by atoms with Crippen molar-refractivity contribution in [1.29, 1.82) is 0 Å². The number of nitrogens with zero attached hydrogens (tertiary/aromatic N) is 2. The molecule has 0 aliphatic heterocycles. The highest BCUT2D eigenvalue weighted by molar-refractivity contribution is 5.78. The molecule has 0 spiro atoms. The van der Waals surface area contributed by atoms with Crippen LogP contribution in [0.4, 0.5) is 11.4 Å². The van der Waals surface area contributed by atoms with Crippen LogP contribution in [0, 0.1) is 0 Å². The van der Waals surface area contributed by atoms with Crippen molar-refractivity contribution < 1.29 is 9.59 Å². The Bertz CT molecular complexity index is 723. The van der Waals surface area contributed by atoms with E-state index in [9.17, 15) is 9.59 Å². The lowest BCUT2D eigenvalue weighted by Crippen LogP contribution is -1.76. The van der Waals surface area contributed by atoms with Gasteiger partial charge in [-0.3, -0.25) is 0 Å². The molecule has 4 heteroatoms. The van der Waals surface area contributed by atoms with E-state index < -0.39 is 0 Å². The molecule has 0 bridgehead atoms. The first-order valence-corrected chi connectivity index (χ1v) is 5.86. The van der Waals surface area contributed by atoms with Gasteiger partial charge in [0.2, 0.25) is 12.2 Å². The fourth-order valence-electron chi connectivity index (χ4n) is 1.69. The van der Waals surface area contributed by atoms with Gasteiger partial charge in [-0.15, -0.1) is 0 Å². The number of carbonyl (C=O) groups excluding carboxylic acids is 2. The summed E-state index contributed by atoms with van der Waals surface area (Å²) in [7, 11) is 0. The van der Waals surface area contributed by atoms with Crippen LogP contribution in [0.2, 0.25) is 0 Å². The standard InChI is InChI=1S/C16H10N2O2/c19-11-17-15-9-8-14(16(10-15)18-12-20)7-6-13-4-2-1-3-5-13/h1-10H. The third-order valence-corrected chi connectivity index (χ3v) is 2.61. The van der Waals surface area contributed by atoms with Crippen molar-refractivity contribution in [3.63, 3.8) is 0 Å². The quantitative estimate of drug-likeness (QED) is 0.478. The topological polar surface area (TPSA) is 58.9 Å². The van der Waals surface area contributed by atoms with E-state index in [4.69, 9.17) is 0 Å². The summed E-state index contributed by atoms with van der Waals surface area (Å²) < 4.78 is 0. The molecule has 2 aromatic rings. The number of hydrogen-bond acceptors (Lipinski definition) is 4. The number of aliphatic imine (C=N–C) groups is 2. The zero-order valence-corrected chi connectivity index (χ0v) is 10.5. The molecule has 4 nitrogen and oxygen atoms in total. The lowest BCUT2D eigenvalue weighted by molar-refractivity contribution is 0.565. The maximum atomic E-state index is 10.4. The Morgan fingerprint density at radius 1 is 0.850 bits per heavy atom. The van der Waals surface area contributed by atoms with Crippen LogP contribution >= 0.6 is 0 Å². The van der Waals surface area contributed by atoms with E-state index in [1.807, 2.05) is 42.5 Å². The molecule has 0 aliphatic carbocycles. The van der Waals surface area contributed by atoms with Crippen LogP contribution in [0.5, 0.6) is 0 Å². The molecule has 2 rings (SSSR count). The van der Waals surface area contributed by atoms with Gasteiger partial charge in [0.25, 0.3) is 0 Å². The fraction of sp³-hybridized carbons (Fsp3) is 0. The molecule has 0 N–H and O–H groups in total. The second-order valence-electron chi connectivity index (χ2n) is 3.89. The molecular weight excluding hydrogens is 252 g/mol. The smallest absolute Gasteiger partial charge is 0.211 e. The van der Waals surface area contributed by atoms with Crippen LogP contribution in [0.1, 0.15) is 11.1 Å². The van der Waals surface area contributed by atoms with Crippen LogP contribution in [-0.4, -0.2) is 12.2 Å². The molecule has 0 heterocycles. The Kier molecular flexibility index (Phi) is 4.52. The normalized spacial score (nSPS) is 9.80. The van der Waals surface area contributed by atoms with Gasteiger partial charge >= 0.3 is 0 Å². The van der Waals surface area contributed by atoms with Crippen molar-refractivity contribution in [1.82, 2.24) is 0 Å². The third-order valence-electron chi connectivity index (χ3n) is 2.61. The minimum atomic E-state index is 0.394. The average molecular weight is 262 g/mol. The minimum Gasteiger partial charge on any atom is -0.211 e. The first kappa shape index (κ1) is 13.4. The molecule has 0 radical (unpaired) electrons. The van der Waals surface area contributed by atoms with Gasteiger partial charge in [0.15, 0.2) is 0 Å². The van der Waals surface area contributed by atoms with E-state index in [1.54, 1.807) is 12.1 Å². The predicted octanol–water partition coefficient (Wildman–Crippen LogP) is 3.79. The lowest BCUT2D eigenvalue weighted by atomic mass is 10.1. The number of hydrogen-bond donors (Lipinski definition) is 0. The van der Waals surface area contributed by atoms with Gasteiger partial charge in [0.1, 0.15) is 0 Å². The molecule has 0 saturated heterocycles. The van der Waals surface area contributed by atoms with Crippen LogP contribution in [0.15, 0.2) is 58.5 Å². The van der Waals surface area contributed by atoms with E-state index in [-0.39, 0.29) is 0 Å². The summed E-state index contributed by atoms with van der Waals surface area (Å²) in [6.45, 7) is 0. The Hall–Kier alpha value is -3.06. The van der Waals surface area contributed by atoms with Gasteiger partial charge in [-0.05, 0) is 17.7 Å². The van der Waals surface area contributed by atoms with Crippen molar-refractivity contribution in [2.45, 2.75) is 0 Å². The van der Waals surface area contributed by atoms with Gasteiger partial charge in [-0.25, -0.2) is 9.59 Å². The van der Waals surface area contributed by atoms with Crippen LogP contribution < -0.4 is 0 Å². The molecule has 0 saturated carbocycles. The van der Waals surface area contributed by atoms with E-state index in [2.05, 4.69) is 9.98 Å². The van der Waals surface area contributed by atoms with Gasteiger partial charge in [0.05, 0.1) is 11.4 Å². The SMILES string of the molecule is O=C=Nc1ccc(C=Cc2ccccc2)c(N=C=O)c1. The summed E-state index contributed by atoms with van der Waals surface area (Å²) in [5.41, 5.74) is 2.57. The molecular formula is C16H10N2O2. The highest BCUT2D eigenvalue weighted by Crippen LogP contribution is 2.26. The summed E-state index contributed by atoms with van der Waals surface area (Å²) in [6.07, 6.45) is 6.68. The molecule has 2 aromatic carbocycles. The van der Waals surface area contributed by atoms with Gasteiger partial charge < -0.3 is 0 Å². The highest BCUT2D eigenvalue weighted by Gasteiger charge is 2.00. The Balaban J connectivity index is 2.38. The predicted molar refractivity (Wildman–Crippen MR) is 77.4 cm³/mol. The summed E-state index contributed by atoms with van der Waals surface area (Å²) in [4.78, 5) is 27.8. The van der Waals surface area contributed by atoms with E-state index in [1.165, 1.54) is 18.2 Å². The molecule has 0 unspecified atom stereocenters. The van der Waals surface area contributed by atoms with Crippen molar-refractivity contribution in [3.8, 4) is 0 Å². The zero-order chi connectivity index (χ0) is 14.2. The van der Waals surface area contributed by atoms with E-state index in [0.29, 0.717) is 11.4 Å². The highest BCUT2D eigenvalue weighted by atomic mass is 16.1. The molecule has 0 amide bonds. The molecule has 0 aromatic heterocycles. The van der Waals surface area contributed by atoms with E-state index >= 15 is 0 Å². The number of isocyanates is 2. The first-order chi connectivity index (χ1) is 9.83. The monoisotopic (exact) mass is 262 g/mol. The molecule has 0 aliphatic rings. The maximum Gasteiger partial charge on any atom is 0.240 e. The Morgan fingerprint density at radius 2 is 1.60 bits per heavy atom. The summed E-state index contributed by atoms with van der Waals surface area (Å²) in [6, 6.07) is 14.6. The van der Waals surface area contributed by atoms with Crippen LogP contribution in [-0.2, 0) is 9.59 Å². The third kappa shape index (κ3) is 3.47. The maximum absolute atomic E-state index is 10.4. The fourth-order valence-corrected chi connectivity index (χ4v) is 1.69. The molecule has 96 valence electrons. The average Bonchev–Trinajstić information content (AvgIpc) is 2.48. The summed E-state index contributed by atoms with van der Waals surface area (Å²) in [5.74, 6) is 0. The lowest BCUT2D eigenvalue weighted by Gasteiger charge is -2.00. The Labute approximate surface area is 115 Å². The Morgan fingerprint density at radius 3 is 2.30 bits per heavy atom. The number of benzene rings is 2. The second-order valence-corrected chi connectivity index (χ2v) is 3.89. The van der Waals surface area contributed by atoms with Crippen LogP contribution in [0.25, 0.3) is 12.2 Å². The van der Waals surface area contributed by atoms with Gasteiger partial charge in [0, 0.05) is 5.56 Å². The van der Waals surface area contributed by atoms with Crippen LogP contribution in [0.3, 0.4) is 0 Å². The zero-order valence-electron chi connectivity index (χ0n) is 10.5. The first-order valence-electron chi connectivity index (χ1n) is 5.86. The second kappa shape index (κ2) is 6.76. The largest absolute Gasteiger partial charge is 0.240 e. The number of rotatable bonds is 4. The molecule has 0 fully saturated rings. The minimum absolute atomic E-state index is 0.394. The molecule has 0 atom stereocenters. The van der Waals surface area contributed by atoms with Crippen molar-refractivity contribution in [3.05, 3.63) is 59.7 Å². The van der Waals surface area contributed by atoms with Crippen molar-refractivity contribution >= 4 is 35.7 Å². The van der Waals surface area contributed by atoms with Gasteiger partial charge in [-0.1, -0.05) is 48.6 Å².